The summed E-state index contributed by atoms with van der Waals surface area (Å²) in [5.74, 6) is 0. The monoisotopic (exact) mass is 180 g/mol. The molecule has 0 radical (unpaired) electrons. The molecule has 1 atom stereocenters. The molecule has 0 amide bonds. The van der Waals surface area contributed by atoms with Gasteiger partial charge in [0, 0.05) is 6.20 Å². The fraction of sp³-hybridized carbons (Fsp3) is 0.700. The van der Waals surface area contributed by atoms with Crippen LogP contribution < -0.4 is 0 Å². The van der Waals surface area contributed by atoms with E-state index in [-0.39, 0.29) is 0 Å². The Morgan fingerprint density at radius 3 is 2.77 bits per heavy atom. The Bertz CT molecular complexity index is 274. The highest BCUT2D eigenvalue weighted by atomic mass is 16.3. The first-order valence-electron chi connectivity index (χ1n) is 5.00. The van der Waals surface area contributed by atoms with Gasteiger partial charge in [0.1, 0.15) is 0 Å². The van der Waals surface area contributed by atoms with Crippen LogP contribution >= 0.6 is 0 Å². The van der Waals surface area contributed by atoms with Gasteiger partial charge in [0.25, 0.3) is 0 Å². The third-order valence-corrected chi connectivity index (χ3v) is 2.76. The van der Waals surface area contributed by atoms with Crippen LogP contribution in [0.15, 0.2) is 12.3 Å². The van der Waals surface area contributed by atoms with Crippen LogP contribution in [0.3, 0.4) is 0 Å². The van der Waals surface area contributed by atoms with E-state index in [1.807, 2.05) is 16.9 Å². The van der Waals surface area contributed by atoms with Crippen LogP contribution in [0.4, 0.5) is 0 Å². The molecule has 1 aromatic rings. The van der Waals surface area contributed by atoms with E-state index in [1.165, 1.54) is 25.7 Å². The quantitative estimate of drug-likeness (QED) is 0.756. The molecule has 0 spiro atoms. The molecule has 1 saturated carbocycles. The number of rotatable bonds is 2. The van der Waals surface area contributed by atoms with Crippen molar-refractivity contribution in [3.63, 3.8) is 0 Å². The Labute approximate surface area is 78.4 Å². The second-order valence-corrected chi connectivity index (χ2v) is 3.83. The van der Waals surface area contributed by atoms with E-state index in [0.717, 1.165) is 5.69 Å². The minimum atomic E-state index is -0.442. The highest BCUT2D eigenvalue weighted by molar-refractivity contribution is 5.02. The van der Waals surface area contributed by atoms with Crippen molar-refractivity contribution in [2.45, 2.75) is 44.8 Å². The van der Waals surface area contributed by atoms with Crippen molar-refractivity contribution in [2.75, 3.05) is 0 Å². The maximum Gasteiger partial charge on any atom is 0.0950 e. The molecular weight excluding hydrogens is 164 g/mol. The first-order chi connectivity index (χ1) is 6.27. The number of aromatic nitrogens is 2. The van der Waals surface area contributed by atoms with Gasteiger partial charge in [0.05, 0.1) is 17.8 Å². The predicted octanol–water partition coefficient (Wildman–Crippen LogP) is 2.05. The summed E-state index contributed by atoms with van der Waals surface area (Å²) in [4.78, 5) is 0. The number of nitrogens with zero attached hydrogens (tertiary/aromatic N) is 2. The van der Waals surface area contributed by atoms with E-state index in [0.29, 0.717) is 6.04 Å². The maximum absolute atomic E-state index is 9.30. The number of aliphatic hydroxyl groups excluding tert-OH is 1. The molecule has 3 nitrogen and oxygen atoms in total. The molecule has 1 fully saturated rings. The average Bonchev–Trinajstić information content (AvgIpc) is 2.75. The summed E-state index contributed by atoms with van der Waals surface area (Å²) in [7, 11) is 0. The lowest BCUT2D eigenvalue weighted by atomic mass is 10.3. The van der Waals surface area contributed by atoms with Crippen molar-refractivity contribution in [1.29, 1.82) is 0 Å². The normalized spacial score (nSPS) is 20.8. The highest BCUT2D eigenvalue weighted by Gasteiger charge is 2.18. The Balaban J connectivity index is 2.12. The Hall–Kier alpha value is -0.830. The summed E-state index contributed by atoms with van der Waals surface area (Å²) in [6, 6.07) is 2.48. The van der Waals surface area contributed by atoms with Crippen molar-refractivity contribution >= 4 is 0 Å². The highest BCUT2D eigenvalue weighted by Crippen LogP contribution is 2.29. The van der Waals surface area contributed by atoms with Crippen LogP contribution in [0.25, 0.3) is 0 Å². The van der Waals surface area contributed by atoms with Crippen LogP contribution in [0.1, 0.15) is 50.4 Å². The van der Waals surface area contributed by atoms with Crippen molar-refractivity contribution in [1.82, 2.24) is 9.78 Å². The summed E-state index contributed by atoms with van der Waals surface area (Å²) >= 11 is 0. The van der Waals surface area contributed by atoms with E-state index in [9.17, 15) is 5.11 Å². The van der Waals surface area contributed by atoms with Crippen LogP contribution in [-0.4, -0.2) is 14.9 Å². The van der Waals surface area contributed by atoms with Gasteiger partial charge in [0.15, 0.2) is 0 Å². The summed E-state index contributed by atoms with van der Waals surface area (Å²) in [6.45, 7) is 1.75. The van der Waals surface area contributed by atoms with E-state index >= 15 is 0 Å². The number of hydrogen-bond donors (Lipinski definition) is 1. The second-order valence-electron chi connectivity index (χ2n) is 3.83. The van der Waals surface area contributed by atoms with Gasteiger partial charge in [-0.25, -0.2) is 0 Å². The molecule has 1 aromatic heterocycles. The molecule has 2 rings (SSSR count). The standard InChI is InChI=1S/C10H16N2O/c1-8(13)10-6-7-12(11-10)9-4-2-3-5-9/h6-9,13H,2-5H2,1H3. The molecule has 72 valence electrons. The third-order valence-electron chi connectivity index (χ3n) is 2.76. The molecule has 3 heteroatoms. The van der Waals surface area contributed by atoms with E-state index in [4.69, 9.17) is 0 Å². The molecule has 0 aliphatic heterocycles. The molecule has 1 aliphatic rings. The number of aliphatic hydroxyl groups is 1. The molecular formula is C10H16N2O. The fourth-order valence-corrected chi connectivity index (χ4v) is 1.95. The largest absolute Gasteiger partial charge is 0.387 e. The van der Waals surface area contributed by atoms with Gasteiger partial charge in [-0.05, 0) is 25.8 Å². The predicted molar refractivity (Wildman–Crippen MR) is 50.4 cm³/mol. The van der Waals surface area contributed by atoms with Crippen LogP contribution in [0.2, 0.25) is 0 Å². The minimum Gasteiger partial charge on any atom is -0.387 e. The van der Waals surface area contributed by atoms with Crippen molar-refractivity contribution < 1.29 is 5.11 Å². The van der Waals surface area contributed by atoms with Gasteiger partial charge >= 0.3 is 0 Å². The van der Waals surface area contributed by atoms with Crippen molar-refractivity contribution in [2.24, 2.45) is 0 Å². The fourth-order valence-electron chi connectivity index (χ4n) is 1.95. The third kappa shape index (κ3) is 1.75. The second kappa shape index (κ2) is 3.50. The molecule has 0 bridgehead atoms. The van der Waals surface area contributed by atoms with Crippen molar-refractivity contribution in [3.05, 3.63) is 18.0 Å². The van der Waals surface area contributed by atoms with Gasteiger partial charge in [-0.2, -0.15) is 5.10 Å². The molecule has 1 heterocycles. The lowest BCUT2D eigenvalue weighted by Crippen LogP contribution is -2.06. The van der Waals surface area contributed by atoms with Gasteiger partial charge in [-0.3, -0.25) is 4.68 Å². The molecule has 1 unspecified atom stereocenters. The zero-order valence-electron chi connectivity index (χ0n) is 7.98. The average molecular weight is 180 g/mol. The minimum absolute atomic E-state index is 0.442. The van der Waals surface area contributed by atoms with E-state index < -0.39 is 6.10 Å². The summed E-state index contributed by atoms with van der Waals surface area (Å²) in [5, 5.41) is 13.7. The lowest BCUT2D eigenvalue weighted by molar-refractivity contribution is 0.192. The molecule has 1 N–H and O–H groups in total. The molecule has 13 heavy (non-hydrogen) atoms. The Morgan fingerprint density at radius 2 is 2.23 bits per heavy atom. The lowest BCUT2D eigenvalue weighted by Gasteiger charge is -2.09. The van der Waals surface area contributed by atoms with Gasteiger partial charge in [-0.1, -0.05) is 12.8 Å². The van der Waals surface area contributed by atoms with Crippen molar-refractivity contribution in [3.8, 4) is 0 Å². The van der Waals surface area contributed by atoms with Gasteiger partial charge in [-0.15, -0.1) is 0 Å². The summed E-state index contributed by atoms with van der Waals surface area (Å²) in [6.07, 6.45) is 6.64. The smallest absolute Gasteiger partial charge is 0.0950 e. The summed E-state index contributed by atoms with van der Waals surface area (Å²) < 4.78 is 2.01. The van der Waals surface area contributed by atoms with Crippen LogP contribution in [0.5, 0.6) is 0 Å². The summed E-state index contributed by atoms with van der Waals surface area (Å²) in [5.41, 5.74) is 0.784. The Kier molecular flexibility index (Phi) is 2.36. The van der Waals surface area contributed by atoms with Gasteiger partial charge < -0.3 is 5.11 Å². The first-order valence-corrected chi connectivity index (χ1v) is 5.00. The van der Waals surface area contributed by atoms with Crippen LogP contribution in [-0.2, 0) is 0 Å². The zero-order chi connectivity index (χ0) is 9.26. The Morgan fingerprint density at radius 1 is 1.54 bits per heavy atom. The van der Waals surface area contributed by atoms with E-state index in [1.54, 1.807) is 6.92 Å². The molecule has 0 aromatic carbocycles. The van der Waals surface area contributed by atoms with Gasteiger partial charge in [0.2, 0.25) is 0 Å². The molecule has 1 aliphatic carbocycles. The van der Waals surface area contributed by atoms with E-state index in [2.05, 4.69) is 5.10 Å². The topological polar surface area (TPSA) is 38.0 Å². The number of hydrogen-bond acceptors (Lipinski definition) is 2. The maximum atomic E-state index is 9.30. The zero-order valence-corrected chi connectivity index (χ0v) is 7.98. The van der Waals surface area contributed by atoms with Crippen LogP contribution in [0, 0.1) is 0 Å². The SMILES string of the molecule is CC(O)c1ccn(C2CCCC2)n1. The first kappa shape index (κ1) is 8.75. The molecule has 0 saturated heterocycles.